The summed E-state index contributed by atoms with van der Waals surface area (Å²) in [6, 6.07) is 6.24. The van der Waals surface area contributed by atoms with Gasteiger partial charge in [0.15, 0.2) is 0 Å². The third kappa shape index (κ3) is 4.08. The third-order valence-corrected chi connectivity index (χ3v) is 4.82. The molecule has 0 radical (unpaired) electrons. The van der Waals surface area contributed by atoms with E-state index in [2.05, 4.69) is 42.0 Å². The first-order valence-corrected chi connectivity index (χ1v) is 8.20. The predicted octanol–water partition coefficient (Wildman–Crippen LogP) is 3.71. The maximum absolute atomic E-state index is 3.79. The van der Waals surface area contributed by atoms with Gasteiger partial charge >= 0.3 is 0 Å². The molecular weight excluding hydrogens is 240 g/mol. The fourth-order valence-electron chi connectivity index (χ4n) is 2.85. The van der Waals surface area contributed by atoms with E-state index in [4.69, 9.17) is 0 Å². The molecule has 3 atom stereocenters. The lowest BCUT2D eigenvalue weighted by molar-refractivity contribution is 0.329. The minimum Gasteiger partial charge on any atom is -0.314 e. The Hall–Kier alpha value is -0.380. The smallest absolute Gasteiger partial charge is 0.0414 e. The number of hydrogen-bond acceptors (Lipinski definition) is 3. The standard InChI is InChI=1S/C15H26N2S/c1-3-14(15-8-6-10-18-15)17-12(2)11-13-7-4-5-9-16-13/h6,8,10,12-14,16-17H,3-5,7,9,11H2,1-2H3. The van der Waals surface area contributed by atoms with Crippen molar-refractivity contribution in [2.24, 2.45) is 0 Å². The summed E-state index contributed by atoms with van der Waals surface area (Å²) < 4.78 is 0. The van der Waals surface area contributed by atoms with Gasteiger partial charge in [-0.1, -0.05) is 19.4 Å². The lowest BCUT2D eigenvalue weighted by Crippen LogP contribution is -2.40. The lowest BCUT2D eigenvalue weighted by atomic mass is 9.98. The van der Waals surface area contributed by atoms with Gasteiger partial charge in [-0.3, -0.25) is 0 Å². The highest BCUT2D eigenvalue weighted by Crippen LogP contribution is 2.23. The van der Waals surface area contributed by atoms with Gasteiger partial charge in [0.1, 0.15) is 0 Å². The van der Waals surface area contributed by atoms with Crippen LogP contribution in [0.15, 0.2) is 17.5 Å². The monoisotopic (exact) mass is 266 g/mol. The zero-order valence-electron chi connectivity index (χ0n) is 11.6. The number of rotatable bonds is 6. The Balaban J connectivity index is 1.79. The van der Waals surface area contributed by atoms with Gasteiger partial charge in [0.05, 0.1) is 0 Å². The number of thiophene rings is 1. The van der Waals surface area contributed by atoms with Crippen molar-refractivity contribution in [1.29, 1.82) is 0 Å². The molecule has 0 bridgehead atoms. The molecule has 2 rings (SSSR count). The highest BCUT2D eigenvalue weighted by Gasteiger charge is 2.18. The SMILES string of the molecule is CCC(NC(C)CC1CCCCN1)c1cccs1. The van der Waals surface area contributed by atoms with Crippen molar-refractivity contribution in [2.75, 3.05) is 6.54 Å². The highest BCUT2D eigenvalue weighted by molar-refractivity contribution is 7.10. The summed E-state index contributed by atoms with van der Waals surface area (Å²) in [4.78, 5) is 1.47. The predicted molar refractivity (Wildman–Crippen MR) is 80.2 cm³/mol. The van der Waals surface area contributed by atoms with Crippen molar-refractivity contribution in [3.63, 3.8) is 0 Å². The van der Waals surface area contributed by atoms with Crippen LogP contribution in [0.1, 0.15) is 56.9 Å². The second-order valence-electron chi connectivity index (χ2n) is 5.43. The van der Waals surface area contributed by atoms with Gasteiger partial charge in [0, 0.05) is 23.0 Å². The van der Waals surface area contributed by atoms with Gasteiger partial charge in [0.2, 0.25) is 0 Å². The third-order valence-electron chi connectivity index (χ3n) is 3.83. The fourth-order valence-corrected chi connectivity index (χ4v) is 3.72. The zero-order valence-corrected chi connectivity index (χ0v) is 12.4. The first kappa shape index (κ1) is 14.0. The molecule has 1 aliphatic heterocycles. The molecule has 2 heterocycles. The van der Waals surface area contributed by atoms with Crippen LogP contribution in [0.4, 0.5) is 0 Å². The minimum atomic E-state index is 0.531. The topological polar surface area (TPSA) is 24.1 Å². The molecule has 1 saturated heterocycles. The van der Waals surface area contributed by atoms with E-state index in [1.54, 1.807) is 0 Å². The Morgan fingerprint density at radius 3 is 3.00 bits per heavy atom. The largest absolute Gasteiger partial charge is 0.314 e. The van der Waals surface area contributed by atoms with Crippen molar-refractivity contribution in [2.45, 2.75) is 64.1 Å². The zero-order chi connectivity index (χ0) is 12.8. The van der Waals surface area contributed by atoms with Gasteiger partial charge in [-0.25, -0.2) is 0 Å². The second-order valence-corrected chi connectivity index (χ2v) is 6.41. The molecule has 0 spiro atoms. The Labute approximate surface area is 115 Å². The van der Waals surface area contributed by atoms with Crippen molar-refractivity contribution >= 4 is 11.3 Å². The van der Waals surface area contributed by atoms with Crippen LogP contribution in [-0.4, -0.2) is 18.6 Å². The summed E-state index contributed by atoms with van der Waals surface area (Å²) in [7, 11) is 0. The van der Waals surface area contributed by atoms with Gasteiger partial charge in [-0.15, -0.1) is 11.3 Å². The molecule has 3 unspecified atom stereocenters. The fraction of sp³-hybridized carbons (Fsp3) is 0.733. The molecule has 1 aromatic heterocycles. The quantitative estimate of drug-likeness (QED) is 0.820. The minimum absolute atomic E-state index is 0.531. The van der Waals surface area contributed by atoms with Crippen LogP contribution in [0.25, 0.3) is 0 Å². The molecule has 1 aromatic rings. The summed E-state index contributed by atoms with van der Waals surface area (Å²) in [5.74, 6) is 0. The molecule has 0 saturated carbocycles. The van der Waals surface area contributed by atoms with E-state index in [0.29, 0.717) is 12.1 Å². The molecular formula is C15H26N2S. The Morgan fingerprint density at radius 1 is 1.50 bits per heavy atom. The van der Waals surface area contributed by atoms with Crippen molar-refractivity contribution < 1.29 is 0 Å². The molecule has 3 heteroatoms. The van der Waals surface area contributed by atoms with Crippen LogP contribution in [0.2, 0.25) is 0 Å². The molecule has 1 fully saturated rings. The molecule has 0 amide bonds. The van der Waals surface area contributed by atoms with E-state index in [0.717, 1.165) is 6.04 Å². The Kier molecular flexibility index (Phi) is 5.67. The average Bonchev–Trinajstić information content (AvgIpc) is 2.91. The van der Waals surface area contributed by atoms with E-state index >= 15 is 0 Å². The first-order chi connectivity index (χ1) is 8.79. The lowest BCUT2D eigenvalue weighted by Gasteiger charge is -2.28. The number of hydrogen-bond donors (Lipinski definition) is 2. The summed E-state index contributed by atoms with van der Waals surface area (Å²) in [5.41, 5.74) is 0. The van der Waals surface area contributed by atoms with Crippen molar-refractivity contribution in [3.05, 3.63) is 22.4 Å². The summed E-state index contributed by atoms with van der Waals surface area (Å²) >= 11 is 1.87. The van der Waals surface area contributed by atoms with E-state index in [1.165, 1.54) is 43.5 Å². The number of nitrogens with one attached hydrogen (secondary N) is 2. The Bertz CT molecular complexity index is 317. The maximum Gasteiger partial charge on any atom is 0.0414 e. The highest BCUT2D eigenvalue weighted by atomic mass is 32.1. The van der Waals surface area contributed by atoms with Crippen molar-refractivity contribution in [3.8, 4) is 0 Å². The van der Waals surface area contributed by atoms with E-state index in [1.807, 2.05) is 11.3 Å². The van der Waals surface area contributed by atoms with Gasteiger partial charge in [-0.05, 0) is 50.6 Å². The summed E-state index contributed by atoms with van der Waals surface area (Å²) in [6.07, 6.45) is 6.52. The first-order valence-electron chi connectivity index (χ1n) is 7.32. The average molecular weight is 266 g/mol. The number of piperidine rings is 1. The molecule has 2 N–H and O–H groups in total. The molecule has 0 aromatic carbocycles. The van der Waals surface area contributed by atoms with Crippen molar-refractivity contribution in [1.82, 2.24) is 10.6 Å². The molecule has 18 heavy (non-hydrogen) atoms. The molecule has 1 aliphatic rings. The summed E-state index contributed by atoms with van der Waals surface area (Å²) in [6.45, 7) is 5.80. The normalized spacial score (nSPS) is 23.8. The van der Waals surface area contributed by atoms with E-state index in [9.17, 15) is 0 Å². The van der Waals surface area contributed by atoms with Crippen LogP contribution in [0.3, 0.4) is 0 Å². The van der Waals surface area contributed by atoms with E-state index in [-0.39, 0.29) is 0 Å². The van der Waals surface area contributed by atoms with Crippen LogP contribution < -0.4 is 10.6 Å². The van der Waals surface area contributed by atoms with Crippen LogP contribution in [0, 0.1) is 0 Å². The van der Waals surface area contributed by atoms with Crippen LogP contribution in [-0.2, 0) is 0 Å². The molecule has 2 nitrogen and oxygen atoms in total. The van der Waals surface area contributed by atoms with Crippen LogP contribution >= 0.6 is 11.3 Å². The maximum atomic E-state index is 3.79. The summed E-state index contributed by atoms with van der Waals surface area (Å²) in [5, 5.41) is 9.60. The molecule has 102 valence electrons. The van der Waals surface area contributed by atoms with Gasteiger partial charge in [-0.2, -0.15) is 0 Å². The van der Waals surface area contributed by atoms with Crippen LogP contribution in [0.5, 0.6) is 0 Å². The second kappa shape index (κ2) is 7.27. The molecule has 0 aliphatic carbocycles. The van der Waals surface area contributed by atoms with E-state index < -0.39 is 0 Å². The van der Waals surface area contributed by atoms with Gasteiger partial charge < -0.3 is 10.6 Å². The van der Waals surface area contributed by atoms with Gasteiger partial charge in [0.25, 0.3) is 0 Å². The Morgan fingerprint density at radius 2 is 2.39 bits per heavy atom.